The molecule has 0 radical (unpaired) electrons. The van der Waals surface area contributed by atoms with Crippen LogP contribution in [-0.4, -0.2) is 72.0 Å². The summed E-state index contributed by atoms with van der Waals surface area (Å²) in [4.78, 5) is 44.5. The number of likely N-dealkylation sites (tertiary alicyclic amines) is 2. The highest BCUT2D eigenvalue weighted by molar-refractivity contribution is 5.85. The molecule has 29 heavy (non-hydrogen) atoms. The predicted octanol–water partition coefficient (Wildman–Crippen LogP) is 1.60. The molecule has 2 aliphatic heterocycles. The van der Waals surface area contributed by atoms with E-state index >= 15 is 0 Å². The molecule has 0 aliphatic carbocycles. The van der Waals surface area contributed by atoms with Crippen molar-refractivity contribution in [3.63, 3.8) is 0 Å². The second kappa shape index (κ2) is 9.24. The van der Waals surface area contributed by atoms with Gasteiger partial charge in [0.2, 0.25) is 11.8 Å². The van der Waals surface area contributed by atoms with Gasteiger partial charge in [0, 0.05) is 50.9 Å². The lowest BCUT2D eigenvalue weighted by atomic mass is 9.72. The average Bonchev–Trinajstić information content (AvgIpc) is 2.75. The SMILES string of the molecule is COC(=O)N[C@@H](C)C(=O)N1CCC2(CCC(=O)N(CCc3ccccn3)C2)CC1. The molecule has 2 saturated heterocycles. The third kappa shape index (κ3) is 5.25. The first kappa shape index (κ1) is 21.1. The second-order valence-corrected chi connectivity index (χ2v) is 8.07. The van der Waals surface area contributed by atoms with Crippen LogP contribution in [0.4, 0.5) is 4.79 Å². The van der Waals surface area contributed by atoms with Crippen LogP contribution in [0.15, 0.2) is 24.4 Å². The van der Waals surface area contributed by atoms with Crippen molar-refractivity contribution in [2.45, 2.75) is 45.1 Å². The lowest BCUT2D eigenvalue weighted by molar-refractivity contribution is -0.143. The van der Waals surface area contributed by atoms with Crippen LogP contribution in [0.1, 0.15) is 38.3 Å². The molecule has 0 aromatic carbocycles. The fraction of sp³-hybridized carbons (Fsp3) is 0.619. The van der Waals surface area contributed by atoms with Crippen LogP contribution in [0.3, 0.4) is 0 Å². The van der Waals surface area contributed by atoms with Gasteiger partial charge in [-0.3, -0.25) is 14.6 Å². The Morgan fingerprint density at radius 2 is 2.03 bits per heavy atom. The molecule has 3 rings (SSSR count). The third-order valence-electron chi connectivity index (χ3n) is 6.14. The molecule has 1 spiro atoms. The van der Waals surface area contributed by atoms with Crippen molar-refractivity contribution in [1.82, 2.24) is 20.1 Å². The summed E-state index contributed by atoms with van der Waals surface area (Å²) in [5.74, 6) is 0.116. The minimum absolute atomic E-state index is 0.0772. The monoisotopic (exact) mass is 402 g/mol. The maximum absolute atomic E-state index is 12.6. The van der Waals surface area contributed by atoms with Gasteiger partial charge < -0.3 is 19.9 Å². The van der Waals surface area contributed by atoms with Crippen LogP contribution in [0.5, 0.6) is 0 Å². The lowest BCUT2D eigenvalue weighted by Gasteiger charge is -2.47. The minimum atomic E-state index is -0.612. The van der Waals surface area contributed by atoms with Crippen molar-refractivity contribution in [2.75, 3.05) is 33.3 Å². The maximum Gasteiger partial charge on any atom is 0.407 e. The number of hydrogen-bond acceptors (Lipinski definition) is 5. The van der Waals surface area contributed by atoms with E-state index in [1.165, 1.54) is 7.11 Å². The van der Waals surface area contributed by atoms with E-state index in [2.05, 4.69) is 15.0 Å². The number of nitrogens with one attached hydrogen (secondary N) is 1. The van der Waals surface area contributed by atoms with Crippen molar-refractivity contribution in [3.05, 3.63) is 30.1 Å². The van der Waals surface area contributed by atoms with Gasteiger partial charge in [0.15, 0.2) is 0 Å². The molecule has 3 heterocycles. The topological polar surface area (TPSA) is 91.8 Å². The number of rotatable bonds is 5. The molecule has 3 amide bonds. The fourth-order valence-corrected chi connectivity index (χ4v) is 4.28. The molecule has 1 aromatic heterocycles. The van der Waals surface area contributed by atoms with Gasteiger partial charge in [-0.2, -0.15) is 0 Å². The quantitative estimate of drug-likeness (QED) is 0.808. The van der Waals surface area contributed by atoms with Crippen LogP contribution < -0.4 is 5.32 Å². The van der Waals surface area contributed by atoms with Crippen LogP contribution in [0, 0.1) is 5.41 Å². The molecule has 0 unspecified atom stereocenters. The number of aromatic nitrogens is 1. The summed E-state index contributed by atoms with van der Waals surface area (Å²) in [6, 6.07) is 5.23. The van der Waals surface area contributed by atoms with E-state index < -0.39 is 12.1 Å². The average molecular weight is 402 g/mol. The number of ether oxygens (including phenoxy) is 1. The Hall–Kier alpha value is -2.64. The lowest BCUT2D eigenvalue weighted by Crippen LogP contribution is -2.55. The third-order valence-corrected chi connectivity index (χ3v) is 6.14. The molecule has 8 heteroatoms. The van der Waals surface area contributed by atoms with E-state index in [0.717, 1.165) is 37.9 Å². The largest absolute Gasteiger partial charge is 0.453 e. The molecule has 0 saturated carbocycles. The Labute approximate surface area is 171 Å². The van der Waals surface area contributed by atoms with Gasteiger partial charge in [-0.05, 0) is 43.7 Å². The number of alkyl carbamates (subject to hydrolysis) is 1. The summed E-state index contributed by atoms with van der Waals surface area (Å²) in [6.45, 7) is 4.39. The summed E-state index contributed by atoms with van der Waals surface area (Å²) >= 11 is 0. The van der Waals surface area contributed by atoms with Gasteiger partial charge >= 0.3 is 6.09 Å². The standard InChI is InChI=1S/C21H30N4O4/c1-16(23-20(28)29-2)19(27)24-13-9-21(10-14-24)8-6-18(26)25(15-21)12-7-17-5-3-4-11-22-17/h3-5,11,16H,6-10,12-15H2,1-2H3,(H,23,28)/t16-/m0/s1. The number of piperidine rings is 2. The molecule has 1 N–H and O–H groups in total. The number of carbonyl (C=O) groups is 3. The summed E-state index contributed by atoms with van der Waals surface area (Å²) in [7, 11) is 1.28. The summed E-state index contributed by atoms with van der Waals surface area (Å²) < 4.78 is 4.56. The zero-order valence-electron chi connectivity index (χ0n) is 17.2. The van der Waals surface area contributed by atoms with Crippen molar-refractivity contribution >= 4 is 17.9 Å². The number of hydrogen-bond donors (Lipinski definition) is 1. The van der Waals surface area contributed by atoms with Gasteiger partial charge in [-0.25, -0.2) is 4.79 Å². The minimum Gasteiger partial charge on any atom is -0.453 e. The Kier molecular flexibility index (Phi) is 6.71. The first-order chi connectivity index (χ1) is 13.9. The molecule has 1 aromatic rings. The highest BCUT2D eigenvalue weighted by atomic mass is 16.5. The van der Waals surface area contributed by atoms with Gasteiger partial charge in [0.05, 0.1) is 7.11 Å². The van der Waals surface area contributed by atoms with E-state index in [-0.39, 0.29) is 17.2 Å². The smallest absolute Gasteiger partial charge is 0.407 e. The zero-order valence-corrected chi connectivity index (χ0v) is 17.2. The summed E-state index contributed by atoms with van der Waals surface area (Å²) in [5, 5.41) is 2.53. The highest BCUT2D eigenvalue weighted by Gasteiger charge is 2.42. The van der Waals surface area contributed by atoms with Crippen LogP contribution >= 0.6 is 0 Å². The predicted molar refractivity (Wildman–Crippen MR) is 107 cm³/mol. The number of nitrogens with zero attached hydrogens (tertiary/aromatic N) is 3. The fourth-order valence-electron chi connectivity index (χ4n) is 4.28. The molecule has 2 fully saturated rings. The first-order valence-corrected chi connectivity index (χ1v) is 10.2. The van der Waals surface area contributed by atoms with Gasteiger partial charge in [0.25, 0.3) is 0 Å². The molecule has 1 atom stereocenters. The Morgan fingerprint density at radius 3 is 2.69 bits per heavy atom. The van der Waals surface area contributed by atoms with Gasteiger partial charge in [-0.1, -0.05) is 6.07 Å². The van der Waals surface area contributed by atoms with Gasteiger partial charge in [0.1, 0.15) is 6.04 Å². The van der Waals surface area contributed by atoms with Crippen LogP contribution in [0.25, 0.3) is 0 Å². The highest BCUT2D eigenvalue weighted by Crippen LogP contribution is 2.40. The molecule has 0 bridgehead atoms. The summed E-state index contributed by atoms with van der Waals surface area (Å²) in [5.41, 5.74) is 1.07. The van der Waals surface area contributed by atoms with Crippen LogP contribution in [0.2, 0.25) is 0 Å². The van der Waals surface area contributed by atoms with Crippen molar-refractivity contribution in [2.24, 2.45) is 5.41 Å². The Bertz CT molecular complexity index is 731. The first-order valence-electron chi connectivity index (χ1n) is 10.2. The van der Waals surface area contributed by atoms with Crippen molar-refractivity contribution in [1.29, 1.82) is 0 Å². The second-order valence-electron chi connectivity index (χ2n) is 8.07. The molecule has 2 aliphatic rings. The Morgan fingerprint density at radius 1 is 1.28 bits per heavy atom. The van der Waals surface area contributed by atoms with Crippen molar-refractivity contribution < 1.29 is 19.1 Å². The normalized spacial score (nSPS) is 19.7. The molecular weight excluding hydrogens is 372 g/mol. The summed E-state index contributed by atoms with van der Waals surface area (Å²) in [6.07, 6.45) is 5.12. The molecule has 8 nitrogen and oxygen atoms in total. The van der Waals surface area contributed by atoms with Crippen LogP contribution in [-0.2, 0) is 20.7 Å². The van der Waals surface area contributed by atoms with E-state index in [1.807, 2.05) is 23.1 Å². The zero-order chi connectivity index (χ0) is 20.9. The number of methoxy groups -OCH3 is 1. The van der Waals surface area contributed by atoms with Gasteiger partial charge in [-0.15, -0.1) is 0 Å². The Balaban J connectivity index is 1.53. The number of amides is 3. The molecule has 158 valence electrons. The van der Waals surface area contributed by atoms with E-state index in [9.17, 15) is 14.4 Å². The molecular formula is C21H30N4O4. The van der Waals surface area contributed by atoms with Crippen molar-refractivity contribution in [3.8, 4) is 0 Å². The maximum atomic E-state index is 12.6. The van der Waals surface area contributed by atoms with E-state index in [0.29, 0.717) is 26.1 Å². The van der Waals surface area contributed by atoms with E-state index in [1.54, 1.807) is 18.0 Å². The van der Waals surface area contributed by atoms with E-state index in [4.69, 9.17) is 0 Å². The number of carbonyl (C=O) groups excluding carboxylic acids is 3. The number of pyridine rings is 1.